The Morgan fingerprint density at radius 2 is 1.44 bits per heavy atom. The van der Waals surface area contributed by atoms with Crippen LogP contribution in [-0.2, 0) is 0 Å². The summed E-state index contributed by atoms with van der Waals surface area (Å²) in [6.07, 6.45) is 0. The van der Waals surface area contributed by atoms with Crippen molar-refractivity contribution in [2.45, 2.75) is 6.92 Å². The van der Waals surface area contributed by atoms with Crippen molar-refractivity contribution in [3.8, 4) is 0 Å². The Balaban J connectivity index is 1.53. The van der Waals surface area contributed by atoms with E-state index < -0.39 is 0 Å². The Kier molecular flexibility index (Phi) is 5.24. The molecule has 1 amide bonds. The van der Waals surface area contributed by atoms with E-state index in [0.717, 1.165) is 11.1 Å². The molecule has 0 aliphatic carbocycles. The van der Waals surface area contributed by atoms with Crippen LogP contribution in [0.25, 0.3) is 0 Å². The molecule has 1 aliphatic heterocycles. The molecule has 4 nitrogen and oxygen atoms in total. The summed E-state index contributed by atoms with van der Waals surface area (Å²) in [7, 11) is 0. The molecule has 0 bridgehead atoms. The highest BCUT2D eigenvalue weighted by molar-refractivity contribution is 5.97. The van der Waals surface area contributed by atoms with Crippen molar-refractivity contribution in [2.24, 2.45) is 0 Å². The highest BCUT2D eigenvalue weighted by Gasteiger charge is 2.23. The number of rotatable bonds is 4. The normalized spacial score (nSPS) is 15.2. The Morgan fingerprint density at radius 1 is 0.880 bits per heavy atom. The van der Waals surface area contributed by atoms with Crippen molar-refractivity contribution in [2.75, 3.05) is 32.7 Å². The minimum Gasteiger partial charge on any atom is -0.336 e. The second-order valence-electron chi connectivity index (χ2n) is 6.36. The van der Waals surface area contributed by atoms with Gasteiger partial charge in [0, 0.05) is 37.3 Å². The van der Waals surface area contributed by atoms with Crippen LogP contribution in [0, 0.1) is 12.7 Å². The number of hydrogen-bond acceptors (Lipinski definition) is 3. The average molecular weight is 340 g/mol. The Labute approximate surface area is 146 Å². The van der Waals surface area contributed by atoms with Crippen LogP contribution in [0.5, 0.6) is 0 Å². The third-order valence-corrected chi connectivity index (χ3v) is 4.49. The first kappa shape index (κ1) is 17.3. The van der Waals surface area contributed by atoms with Crippen LogP contribution in [0.1, 0.15) is 26.3 Å². The third kappa shape index (κ3) is 4.31. The zero-order valence-electron chi connectivity index (χ0n) is 14.2. The number of carbonyl (C=O) groups is 2. The van der Waals surface area contributed by atoms with Gasteiger partial charge in [-0.25, -0.2) is 4.39 Å². The lowest BCUT2D eigenvalue weighted by atomic mass is 10.1. The number of benzene rings is 2. The first-order valence-corrected chi connectivity index (χ1v) is 8.40. The molecule has 2 aromatic rings. The van der Waals surface area contributed by atoms with Crippen LogP contribution in [0.3, 0.4) is 0 Å². The molecule has 5 heteroatoms. The number of amides is 1. The van der Waals surface area contributed by atoms with E-state index in [1.807, 2.05) is 31.2 Å². The van der Waals surface area contributed by atoms with Gasteiger partial charge < -0.3 is 4.90 Å². The van der Waals surface area contributed by atoms with Crippen molar-refractivity contribution in [3.05, 3.63) is 71.0 Å². The molecular formula is C20H21FN2O2. The van der Waals surface area contributed by atoms with E-state index in [-0.39, 0.29) is 17.5 Å². The van der Waals surface area contributed by atoms with Crippen molar-refractivity contribution >= 4 is 11.7 Å². The van der Waals surface area contributed by atoms with Crippen LogP contribution in [-0.4, -0.2) is 54.2 Å². The van der Waals surface area contributed by atoms with E-state index >= 15 is 0 Å². The zero-order valence-corrected chi connectivity index (χ0v) is 14.2. The van der Waals surface area contributed by atoms with Gasteiger partial charge in [0.2, 0.25) is 0 Å². The maximum Gasteiger partial charge on any atom is 0.253 e. The predicted molar refractivity (Wildman–Crippen MR) is 94.3 cm³/mol. The lowest BCUT2D eigenvalue weighted by molar-refractivity contribution is 0.0624. The molecule has 1 fully saturated rings. The summed E-state index contributed by atoms with van der Waals surface area (Å²) >= 11 is 0. The second-order valence-corrected chi connectivity index (χ2v) is 6.36. The van der Waals surface area contributed by atoms with Gasteiger partial charge in [-0.3, -0.25) is 14.5 Å². The Bertz CT molecular complexity index is 748. The van der Waals surface area contributed by atoms with Gasteiger partial charge in [0.05, 0.1) is 6.54 Å². The molecule has 3 rings (SSSR count). The summed E-state index contributed by atoms with van der Waals surface area (Å²) in [6.45, 7) is 4.80. The molecule has 0 unspecified atom stereocenters. The van der Waals surface area contributed by atoms with Gasteiger partial charge in [0.25, 0.3) is 5.91 Å². The molecule has 25 heavy (non-hydrogen) atoms. The van der Waals surface area contributed by atoms with Gasteiger partial charge >= 0.3 is 0 Å². The molecule has 1 heterocycles. The fourth-order valence-corrected chi connectivity index (χ4v) is 2.92. The van der Waals surface area contributed by atoms with Crippen molar-refractivity contribution in [3.63, 3.8) is 0 Å². The molecule has 0 spiro atoms. The molecule has 0 N–H and O–H groups in total. The quantitative estimate of drug-likeness (QED) is 0.804. The summed E-state index contributed by atoms with van der Waals surface area (Å²) in [5, 5.41) is 0. The summed E-state index contributed by atoms with van der Waals surface area (Å²) in [4.78, 5) is 28.6. The van der Waals surface area contributed by atoms with Gasteiger partial charge in [-0.2, -0.15) is 0 Å². The SMILES string of the molecule is Cc1ccc(C(=O)CN2CCN(C(=O)c3ccc(F)cc3)CC2)cc1. The first-order chi connectivity index (χ1) is 12.0. The smallest absolute Gasteiger partial charge is 0.253 e. The van der Waals surface area contributed by atoms with E-state index in [0.29, 0.717) is 38.3 Å². The maximum atomic E-state index is 13.0. The lowest BCUT2D eigenvalue weighted by Crippen LogP contribution is -2.49. The van der Waals surface area contributed by atoms with E-state index in [4.69, 9.17) is 0 Å². The van der Waals surface area contributed by atoms with Gasteiger partial charge in [-0.05, 0) is 31.2 Å². The van der Waals surface area contributed by atoms with Gasteiger partial charge in [0.1, 0.15) is 5.82 Å². The highest BCUT2D eigenvalue weighted by atomic mass is 19.1. The predicted octanol–water partition coefficient (Wildman–Crippen LogP) is 2.77. The van der Waals surface area contributed by atoms with Gasteiger partial charge in [-0.15, -0.1) is 0 Å². The minimum atomic E-state index is -0.351. The molecule has 2 aromatic carbocycles. The monoisotopic (exact) mass is 340 g/mol. The number of Topliss-reactive ketones (excluding diaryl/α,β-unsaturated/α-hetero) is 1. The highest BCUT2D eigenvalue weighted by Crippen LogP contribution is 2.11. The van der Waals surface area contributed by atoms with Crippen molar-refractivity contribution in [1.29, 1.82) is 0 Å². The van der Waals surface area contributed by atoms with E-state index in [1.165, 1.54) is 24.3 Å². The lowest BCUT2D eigenvalue weighted by Gasteiger charge is -2.34. The summed E-state index contributed by atoms with van der Waals surface area (Å²) in [6, 6.07) is 13.2. The number of carbonyl (C=O) groups excluding carboxylic acids is 2. The van der Waals surface area contributed by atoms with Gasteiger partial charge in [-0.1, -0.05) is 29.8 Å². The summed E-state index contributed by atoms with van der Waals surface area (Å²) in [5.41, 5.74) is 2.34. The van der Waals surface area contributed by atoms with Crippen LogP contribution in [0.15, 0.2) is 48.5 Å². The van der Waals surface area contributed by atoms with Crippen molar-refractivity contribution < 1.29 is 14.0 Å². The molecule has 130 valence electrons. The van der Waals surface area contributed by atoms with Gasteiger partial charge in [0.15, 0.2) is 5.78 Å². The Hall–Kier alpha value is -2.53. The molecule has 0 aromatic heterocycles. The van der Waals surface area contributed by atoms with E-state index in [1.54, 1.807) is 4.90 Å². The number of piperazine rings is 1. The molecule has 0 radical (unpaired) electrons. The van der Waals surface area contributed by atoms with E-state index in [9.17, 15) is 14.0 Å². The zero-order chi connectivity index (χ0) is 17.8. The number of ketones is 1. The number of nitrogens with zero attached hydrogens (tertiary/aromatic N) is 2. The number of halogens is 1. The Morgan fingerprint density at radius 3 is 2.04 bits per heavy atom. The first-order valence-electron chi connectivity index (χ1n) is 8.40. The summed E-state index contributed by atoms with van der Waals surface area (Å²) in [5.74, 6) is -0.348. The van der Waals surface area contributed by atoms with Crippen LogP contribution in [0.2, 0.25) is 0 Å². The number of aryl methyl sites for hydroxylation is 1. The second kappa shape index (κ2) is 7.57. The fourth-order valence-electron chi connectivity index (χ4n) is 2.92. The average Bonchev–Trinajstić information content (AvgIpc) is 2.63. The van der Waals surface area contributed by atoms with Crippen LogP contribution >= 0.6 is 0 Å². The number of hydrogen-bond donors (Lipinski definition) is 0. The molecule has 0 saturated carbocycles. The molecule has 0 atom stereocenters. The maximum absolute atomic E-state index is 13.0. The van der Waals surface area contributed by atoms with Crippen LogP contribution in [0.4, 0.5) is 4.39 Å². The van der Waals surface area contributed by atoms with E-state index in [2.05, 4.69) is 4.90 Å². The fraction of sp³-hybridized carbons (Fsp3) is 0.300. The molecular weight excluding hydrogens is 319 g/mol. The summed E-state index contributed by atoms with van der Waals surface area (Å²) < 4.78 is 13.0. The molecule has 1 aliphatic rings. The topological polar surface area (TPSA) is 40.6 Å². The third-order valence-electron chi connectivity index (χ3n) is 4.49. The minimum absolute atomic E-state index is 0.0930. The largest absolute Gasteiger partial charge is 0.336 e. The van der Waals surface area contributed by atoms with Crippen LogP contribution < -0.4 is 0 Å². The standard InChI is InChI=1S/C20H21FN2O2/c1-15-2-4-16(5-3-15)19(24)14-22-10-12-23(13-11-22)20(25)17-6-8-18(21)9-7-17/h2-9H,10-14H2,1H3. The van der Waals surface area contributed by atoms with Crippen molar-refractivity contribution in [1.82, 2.24) is 9.80 Å². The molecule has 1 saturated heterocycles.